The maximum absolute atomic E-state index is 14.0. The number of aliphatic hydroxyl groups excluding tert-OH is 2. The average molecular weight is 638 g/mol. The number of ether oxygens (including phenoxy) is 1. The number of carbonyl (C=O) groups excluding carboxylic acids is 3. The molecule has 0 atom stereocenters. The van der Waals surface area contributed by atoms with Gasteiger partial charge in [0.25, 0.3) is 11.8 Å². The standard InChI is InChI=1S/C33H43N5O6S/c1-8-10-12-37(13-11-9-2)33-35-29(28-23(19-40)14-22(18-39)15-26(28)44-7)27(45-33)16-24-21(5)25(17-34)32(43)38(31(24)42)36(6)30(41)20(3)4/h14-16,20,39-40H,8-13,18-19H2,1-7H3/b24-16-. The third-order valence-corrected chi connectivity index (χ3v) is 8.70. The first-order chi connectivity index (χ1) is 21.5. The molecule has 0 saturated carbocycles. The number of hydrogen-bond acceptors (Lipinski definition) is 10. The van der Waals surface area contributed by atoms with Gasteiger partial charge in [0.1, 0.15) is 17.4 Å². The van der Waals surface area contributed by atoms with E-state index in [9.17, 15) is 29.9 Å². The molecule has 3 amide bonds. The Labute approximate surface area is 269 Å². The van der Waals surface area contributed by atoms with Crippen LogP contribution in [0.2, 0.25) is 0 Å². The van der Waals surface area contributed by atoms with Crippen molar-refractivity contribution in [1.29, 1.82) is 5.26 Å². The van der Waals surface area contributed by atoms with E-state index in [-0.39, 0.29) is 29.9 Å². The second kappa shape index (κ2) is 15.8. The Hall–Kier alpha value is -4.05. The second-order valence-electron chi connectivity index (χ2n) is 11.2. The minimum absolute atomic E-state index is 0.0659. The van der Waals surface area contributed by atoms with Crippen LogP contribution in [0.25, 0.3) is 17.3 Å². The summed E-state index contributed by atoms with van der Waals surface area (Å²) in [5.74, 6) is -2.19. The predicted octanol–water partition coefficient (Wildman–Crippen LogP) is 4.83. The number of hydrazine groups is 1. The van der Waals surface area contributed by atoms with Gasteiger partial charge < -0.3 is 19.8 Å². The summed E-state index contributed by atoms with van der Waals surface area (Å²) < 4.78 is 5.71. The van der Waals surface area contributed by atoms with Crippen molar-refractivity contribution < 1.29 is 29.3 Å². The number of aliphatic hydroxyl groups is 2. The number of amides is 3. The van der Waals surface area contributed by atoms with Gasteiger partial charge in [-0.3, -0.25) is 14.4 Å². The molecule has 0 bridgehead atoms. The van der Waals surface area contributed by atoms with Gasteiger partial charge in [-0.05, 0) is 48.6 Å². The Bertz CT molecular complexity index is 1500. The van der Waals surface area contributed by atoms with Gasteiger partial charge in [-0.1, -0.05) is 57.9 Å². The van der Waals surface area contributed by atoms with Gasteiger partial charge in [0.2, 0.25) is 5.91 Å². The Balaban J connectivity index is 2.37. The number of thiazole rings is 1. The molecule has 1 aromatic heterocycles. The van der Waals surface area contributed by atoms with Gasteiger partial charge in [0.05, 0.1) is 30.9 Å². The van der Waals surface area contributed by atoms with Crippen LogP contribution < -0.4 is 9.64 Å². The molecule has 0 fully saturated rings. The average Bonchev–Trinajstić information content (AvgIpc) is 3.44. The van der Waals surface area contributed by atoms with E-state index >= 15 is 0 Å². The SMILES string of the molecule is CCCCN(CCCC)c1nc(-c2c(CO)cc(CO)cc2OC)c(/C=C2\C(=O)N(N(C)C(=O)C(C)C)C(=O)C(C#N)=C2C)s1. The summed E-state index contributed by atoms with van der Waals surface area (Å²) in [6.07, 6.45) is 5.47. The monoisotopic (exact) mass is 637 g/mol. The molecule has 0 saturated heterocycles. The number of hydrogen-bond donors (Lipinski definition) is 2. The molecule has 1 aliphatic rings. The number of unbranched alkanes of at least 4 members (excludes halogenated alkanes) is 2. The van der Waals surface area contributed by atoms with Crippen molar-refractivity contribution in [3.63, 3.8) is 0 Å². The summed E-state index contributed by atoms with van der Waals surface area (Å²) >= 11 is 1.35. The molecular formula is C33H43N5O6S. The number of anilines is 1. The van der Waals surface area contributed by atoms with Crippen LogP contribution in [0.15, 0.2) is 28.9 Å². The normalized spacial score (nSPS) is 14.4. The fraction of sp³-hybridized carbons (Fsp3) is 0.485. The van der Waals surface area contributed by atoms with Gasteiger partial charge in [0.15, 0.2) is 5.13 Å². The van der Waals surface area contributed by atoms with E-state index in [0.717, 1.165) is 43.8 Å². The highest BCUT2D eigenvalue weighted by atomic mass is 32.1. The summed E-state index contributed by atoms with van der Waals surface area (Å²) in [5, 5.41) is 32.5. The molecule has 2 heterocycles. The van der Waals surface area contributed by atoms with E-state index in [1.807, 2.05) is 6.07 Å². The number of imide groups is 1. The smallest absolute Gasteiger partial charge is 0.290 e. The van der Waals surface area contributed by atoms with Crippen LogP contribution in [-0.2, 0) is 27.6 Å². The van der Waals surface area contributed by atoms with Gasteiger partial charge >= 0.3 is 0 Å². The first-order valence-electron chi connectivity index (χ1n) is 15.2. The van der Waals surface area contributed by atoms with Crippen LogP contribution in [0.3, 0.4) is 0 Å². The maximum Gasteiger partial charge on any atom is 0.290 e. The molecule has 12 heteroatoms. The zero-order valence-corrected chi connectivity index (χ0v) is 28.0. The molecule has 45 heavy (non-hydrogen) atoms. The van der Waals surface area contributed by atoms with Crippen LogP contribution in [-0.4, -0.2) is 70.2 Å². The van der Waals surface area contributed by atoms with Crippen LogP contribution in [0.1, 0.15) is 76.3 Å². The first-order valence-corrected chi connectivity index (χ1v) is 16.0. The van der Waals surface area contributed by atoms with Crippen molar-refractivity contribution in [2.24, 2.45) is 5.92 Å². The van der Waals surface area contributed by atoms with Crippen molar-refractivity contribution in [3.05, 3.63) is 44.9 Å². The Morgan fingerprint density at radius 2 is 1.78 bits per heavy atom. The second-order valence-corrected chi connectivity index (χ2v) is 12.2. The van der Waals surface area contributed by atoms with Gasteiger partial charge in [-0.2, -0.15) is 10.3 Å². The fourth-order valence-electron chi connectivity index (χ4n) is 5.06. The highest BCUT2D eigenvalue weighted by Crippen LogP contribution is 2.43. The maximum atomic E-state index is 14.0. The topological polar surface area (TPSA) is 147 Å². The molecule has 1 aromatic carbocycles. The third-order valence-electron chi connectivity index (χ3n) is 7.64. The molecular weight excluding hydrogens is 594 g/mol. The van der Waals surface area contributed by atoms with E-state index in [4.69, 9.17) is 9.72 Å². The minimum Gasteiger partial charge on any atom is -0.496 e. The molecule has 2 N–H and O–H groups in total. The van der Waals surface area contributed by atoms with Gasteiger partial charge in [-0.25, -0.2) is 9.99 Å². The van der Waals surface area contributed by atoms with Crippen molar-refractivity contribution in [3.8, 4) is 23.1 Å². The van der Waals surface area contributed by atoms with E-state index < -0.39 is 23.6 Å². The quantitative estimate of drug-likeness (QED) is 0.220. The summed E-state index contributed by atoms with van der Waals surface area (Å²) in [6.45, 7) is 10.0. The number of benzene rings is 1. The zero-order valence-electron chi connectivity index (χ0n) is 27.1. The molecule has 1 aliphatic heterocycles. The van der Waals surface area contributed by atoms with E-state index in [1.54, 1.807) is 32.1 Å². The van der Waals surface area contributed by atoms with Crippen molar-refractivity contribution >= 4 is 40.3 Å². The van der Waals surface area contributed by atoms with Crippen molar-refractivity contribution in [1.82, 2.24) is 15.0 Å². The lowest BCUT2D eigenvalue weighted by Gasteiger charge is -2.34. The Kier molecular flexibility index (Phi) is 12.4. The number of carbonyl (C=O) groups is 3. The minimum atomic E-state index is -0.868. The molecule has 0 radical (unpaired) electrons. The Morgan fingerprint density at radius 3 is 2.29 bits per heavy atom. The third kappa shape index (κ3) is 7.44. The van der Waals surface area contributed by atoms with E-state index in [0.29, 0.717) is 43.2 Å². The number of nitrogens with zero attached hydrogens (tertiary/aromatic N) is 5. The summed E-state index contributed by atoms with van der Waals surface area (Å²) in [7, 11) is 2.82. The molecule has 2 aromatic rings. The number of rotatable bonds is 14. The molecule has 0 unspecified atom stereocenters. The van der Waals surface area contributed by atoms with Crippen LogP contribution in [0.5, 0.6) is 5.75 Å². The summed E-state index contributed by atoms with van der Waals surface area (Å²) in [5.41, 5.74) is 1.98. The number of methoxy groups -OCH3 is 1. The zero-order chi connectivity index (χ0) is 33.4. The molecule has 0 spiro atoms. The summed E-state index contributed by atoms with van der Waals surface area (Å²) in [4.78, 5) is 47.9. The lowest BCUT2D eigenvalue weighted by atomic mass is 9.94. The van der Waals surface area contributed by atoms with Crippen LogP contribution >= 0.6 is 11.3 Å². The molecule has 3 rings (SSSR count). The molecule has 0 aliphatic carbocycles. The van der Waals surface area contributed by atoms with Gasteiger partial charge in [0, 0.05) is 37.2 Å². The van der Waals surface area contributed by atoms with Crippen LogP contribution in [0, 0.1) is 17.2 Å². The molecule has 11 nitrogen and oxygen atoms in total. The molecule has 242 valence electrons. The fourth-order valence-corrected chi connectivity index (χ4v) is 6.13. The van der Waals surface area contributed by atoms with Gasteiger partial charge in [-0.15, -0.1) is 0 Å². The Morgan fingerprint density at radius 1 is 1.13 bits per heavy atom. The van der Waals surface area contributed by atoms with Crippen molar-refractivity contribution in [2.75, 3.05) is 32.1 Å². The number of nitriles is 1. The number of aromatic nitrogens is 1. The lowest BCUT2D eigenvalue weighted by molar-refractivity contribution is -0.168. The van der Waals surface area contributed by atoms with Crippen LogP contribution in [0.4, 0.5) is 5.13 Å². The highest BCUT2D eigenvalue weighted by molar-refractivity contribution is 7.17. The predicted molar refractivity (Wildman–Crippen MR) is 174 cm³/mol. The lowest BCUT2D eigenvalue weighted by Crippen LogP contribution is -2.54. The first kappa shape index (κ1) is 35.4. The highest BCUT2D eigenvalue weighted by Gasteiger charge is 2.40. The largest absolute Gasteiger partial charge is 0.496 e. The summed E-state index contributed by atoms with van der Waals surface area (Å²) in [6, 6.07) is 5.27. The van der Waals surface area contributed by atoms with E-state index in [2.05, 4.69) is 18.7 Å². The van der Waals surface area contributed by atoms with Crippen molar-refractivity contribution in [2.45, 2.75) is 73.5 Å². The van der Waals surface area contributed by atoms with E-state index in [1.165, 1.54) is 32.4 Å².